The Bertz CT molecular complexity index is 791. The van der Waals surface area contributed by atoms with E-state index in [0.29, 0.717) is 17.4 Å². The third kappa shape index (κ3) is 3.12. The number of anilines is 1. The first-order valence-electron chi connectivity index (χ1n) is 6.69. The molecule has 0 spiro atoms. The average Bonchev–Trinajstić information content (AvgIpc) is 3.17. The van der Waals surface area contributed by atoms with Gasteiger partial charge in [0, 0.05) is 30.5 Å². The summed E-state index contributed by atoms with van der Waals surface area (Å²) in [7, 11) is 0. The molecule has 0 unspecified atom stereocenters. The fraction of sp³-hybridized carbons (Fsp3) is 0.0625. The highest BCUT2D eigenvalue weighted by molar-refractivity contribution is 7.14. The molecule has 22 heavy (non-hydrogen) atoms. The highest BCUT2D eigenvalue weighted by atomic mass is 32.1. The van der Waals surface area contributed by atoms with Gasteiger partial charge in [-0.1, -0.05) is 6.58 Å². The van der Waals surface area contributed by atoms with Gasteiger partial charge in [-0.15, -0.1) is 11.3 Å². The van der Waals surface area contributed by atoms with Gasteiger partial charge in [-0.05, 0) is 35.9 Å². The highest BCUT2D eigenvalue weighted by Crippen LogP contribution is 2.17. The van der Waals surface area contributed by atoms with Crippen LogP contribution in [0.1, 0.15) is 21.7 Å². The Balaban J connectivity index is 1.76. The van der Waals surface area contributed by atoms with Crippen LogP contribution in [0.4, 0.5) is 5.13 Å². The van der Waals surface area contributed by atoms with E-state index >= 15 is 0 Å². The molecule has 0 saturated heterocycles. The van der Waals surface area contributed by atoms with Crippen molar-refractivity contribution >= 4 is 28.5 Å². The lowest BCUT2D eigenvalue weighted by Crippen LogP contribution is -2.17. The number of rotatable bonds is 5. The molecule has 0 radical (unpaired) electrons. The average molecular weight is 310 g/mol. The minimum Gasteiger partial charge on any atom is -0.339 e. The number of hydrogen-bond acceptors (Lipinski definition) is 4. The third-order valence-corrected chi connectivity index (χ3v) is 3.89. The van der Waals surface area contributed by atoms with Crippen molar-refractivity contribution in [3.05, 3.63) is 71.8 Å². The van der Waals surface area contributed by atoms with Crippen LogP contribution in [0.15, 0.2) is 54.8 Å². The Morgan fingerprint density at radius 1 is 1.36 bits per heavy atom. The number of carbonyl (C=O) groups is 1. The zero-order valence-electron chi connectivity index (χ0n) is 11.8. The molecule has 3 heterocycles. The van der Waals surface area contributed by atoms with Crippen molar-refractivity contribution in [2.24, 2.45) is 0 Å². The molecule has 0 aliphatic carbocycles. The summed E-state index contributed by atoms with van der Waals surface area (Å²) in [6.07, 6.45) is 7.01. The Kier molecular flexibility index (Phi) is 4.11. The Labute approximate surface area is 132 Å². The number of nitrogens with one attached hydrogen (secondary N) is 1. The lowest BCUT2D eigenvalue weighted by Gasteiger charge is -2.08. The fourth-order valence-corrected chi connectivity index (χ4v) is 2.73. The summed E-state index contributed by atoms with van der Waals surface area (Å²) in [5.41, 5.74) is 2.43. The fourth-order valence-electron chi connectivity index (χ4n) is 2.04. The van der Waals surface area contributed by atoms with E-state index in [-0.39, 0.29) is 5.91 Å². The van der Waals surface area contributed by atoms with E-state index in [1.165, 1.54) is 11.3 Å². The van der Waals surface area contributed by atoms with E-state index in [1.807, 2.05) is 34.3 Å². The van der Waals surface area contributed by atoms with Gasteiger partial charge in [-0.25, -0.2) is 4.98 Å². The molecule has 0 fully saturated rings. The molecule has 0 aliphatic heterocycles. The number of carbonyl (C=O) groups excluding carboxylic acids is 1. The lowest BCUT2D eigenvalue weighted by molar-refractivity contribution is 0.101. The number of amides is 1. The molecule has 0 atom stereocenters. The smallest absolute Gasteiger partial charge is 0.274 e. The maximum Gasteiger partial charge on any atom is 0.274 e. The van der Waals surface area contributed by atoms with Gasteiger partial charge in [0.1, 0.15) is 5.69 Å². The monoisotopic (exact) mass is 310 g/mol. The lowest BCUT2D eigenvalue weighted by atomic mass is 10.2. The Hall–Kier alpha value is -2.73. The molecular weight excluding hydrogens is 296 g/mol. The maximum absolute atomic E-state index is 12.4. The summed E-state index contributed by atoms with van der Waals surface area (Å²) in [6.45, 7) is 4.28. The van der Waals surface area contributed by atoms with Gasteiger partial charge in [-0.2, -0.15) is 0 Å². The number of aromatic nitrogens is 3. The second kappa shape index (κ2) is 6.36. The van der Waals surface area contributed by atoms with Gasteiger partial charge in [0.05, 0.1) is 5.69 Å². The molecule has 1 amide bonds. The molecule has 0 aromatic carbocycles. The van der Waals surface area contributed by atoms with Crippen LogP contribution in [0.2, 0.25) is 0 Å². The van der Waals surface area contributed by atoms with E-state index in [9.17, 15) is 4.79 Å². The quantitative estimate of drug-likeness (QED) is 0.786. The summed E-state index contributed by atoms with van der Waals surface area (Å²) in [4.78, 5) is 20.6. The van der Waals surface area contributed by atoms with Crippen LogP contribution in [0.25, 0.3) is 6.08 Å². The van der Waals surface area contributed by atoms with Crippen molar-refractivity contribution in [2.45, 2.75) is 6.54 Å². The number of pyridine rings is 1. The third-order valence-electron chi connectivity index (χ3n) is 3.12. The maximum atomic E-state index is 12.4. The van der Waals surface area contributed by atoms with Gasteiger partial charge < -0.3 is 4.57 Å². The van der Waals surface area contributed by atoms with Gasteiger partial charge in [0.2, 0.25) is 0 Å². The molecule has 0 aliphatic rings. The SMILES string of the molecule is C=Cc1csc(NC(=O)c2cccn2Cc2ccncc2)n1. The van der Waals surface area contributed by atoms with Crippen molar-refractivity contribution in [1.29, 1.82) is 0 Å². The van der Waals surface area contributed by atoms with Crippen molar-refractivity contribution in [2.75, 3.05) is 5.32 Å². The molecule has 3 aromatic heterocycles. The van der Waals surface area contributed by atoms with Crippen molar-refractivity contribution in [3.63, 3.8) is 0 Å². The van der Waals surface area contributed by atoms with Crippen molar-refractivity contribution < 1.29 is 4.79 Å². The molecule has 3 aromatic rings. The molecule has 110 valence electrons. The van der Waals surface area contributed by atoms with Crippen LogP contribution in [-0.4, -0.2) is 20.4 Å². The molecule has 6 heteroatoms. The Morgan fingerprint density at radius 3 is 2.91 bits per heavy atom. The summed E-state index contributed by atoms with van der Waals surface area (Å²) >= 11 is 1.38. The first-order chi connectivity index (χ1) is 10.8. The summed E-state index contributed by atoms with van der Waals surface area (Å²) in [5.74, 6) is -0.177. The van der Waals surface area contributed by atoms with Crippen LogP contribution < -0.4 is 5.32 Å². The first kappa shape index (κ1) is 14.2. The predicted octanol–water partition coefficient (Wildman–Crippen LogP) is 3.28. The van der Waals surface area contributed by atoms with Gasteiger partial charge in [-0.3, -0.25) is 15.1 Å². The largest absolute Gasteiger partial charge is 0.339 e. The molecule has 0 saturated carbocycles. The van der Waals surface area contributed by atoms with E-state index in [0.717, 1.165) is 11.3 Å². The molecule has 1 N–H and O–H groups in total. The highest BCUT2D eigenvalue weighted by Gasteiger charge is 2.13. The van der Waals surface area contributed by atoms with Gasteiger partial charge >= 0.3 is 0 Å². The standard InChI is InChI=1S/C16H14N4OS/c1-2-13-11-22-16(18-13)19-15(21)14-4-3-9-20(14)10-12-5-7-17-8-6-12/h2-9,11H,1,10H2,(H,18,19,21). The minimum atomic E-state index is -0.177. The van der Waals surface area contributed by atoms with Crippen molar-refractivity contribution in [1.82, 2.24) is 14.5 Å². The zero-order chi connectivity index (χ0) is 15.4. The Morgan fingerprint density at radius 2 is 2.18 bits per heavy atom. The molecule has 5 nitrogen and oxygen atoms in total. The minimum absolute atomic E-state index is 0.177. The van der Waals surface area contributed by atoms with Gasteiger partial charge in [0.25, 0.3) is 5.91 Å². The second-order valence-electron chi connectivity index (χ2n) is 4.61. The van der Waals surface area contributed by atoms with Crippen LogP contribution in [-0.2, 0) is 6.54 Å². The second-order valence-corrected chi connectivity index (χ2v) is 5.47. The molecular formula is C16H14N4OS. The van der Waals surface area contributed by atoms with E-state index in [4.69, 9.17) is 0 Å². The van der Waals surface area contributed by atoms with Crippen molar-refractivity contribution in [3.8, 4) is 0 Å². The van der Waals surface area contributed by atoms with Crippen LogP contribution in [0.5, 0.6) is 0 Å². The number of thiazole rings is 1. The summed E-state index contributed by atoms with van der Waals surface area (Å²) in [5, 5.41) is 5.22. The predicted molar refractivity (Wildman–Crippen MR) is 87.9 cm³/mol. The normalized spacial score (nSPS) is 10.4. The first-order valence-corrected chi connectivity index (χ1v) is 7.57. The van der Waals surface area contributed by atoms with Crippen LogP contribution in [0.3, 0.4) is 0 Å². The zero-order valence-corrected chi connectivity index (χ0v) is 12.6. The van der Waals surface area contributed by atoms with Crippen LogP contribution >= 0.6 is 11.3 Å². The number of hydrogen-bond donors (Lipinski definition) is 1. The summed E-state index contributed by atoms with van der Waals surface area (Å²) in [6, 6.07) is 7.50. The topological polar surface area (TPSA) is 59.8 Å². The molecule has 3 rings (SSSR count). The van der Waals surface area contributed by atoms with Crippen LogP contribution in [0, 0.1) is 0 Å². The van der Waals surface area contributed by atoms with E-state index in [2.05, 4.69) is 21.9 Å². The summed E-state index contributed by atoms with van der Waals surface area (Å²) < 4.78 is 1.90. The van der Waals surface area contributed by atoms with Gasteiger partial charge in [0.15, 0.2) is 5.13 Å². The van der Waals surface area contributed by atoms with E-state index < -0.39 is 0 Å². The van der Waals surface area contributed by atoms with E-state index in [1.54, 1.807) is 24.5 Å². The number of nitrogens with zero attached hydrogens (tertiary/aromatic N) is 3. The molecule has 0 bridgehead atoms.